The number of rotatable bonds is 5. The van der Waals surface area contributed by atoms with E-state index in [9.17, 15) is 50.2 Å². The molecule has 4 amide bonds. The fourth-order valence-corrected chi connectivity index (χ4v) is 6.40. The first-order chi connectivity index (χ1) is 17.2. The van der Waals surface area contributed by atoms with E-state index in [4.69, 9.17) is 0 Å². The molecule has 2 saturated heterocycles. The maximum atomic E-state index is 12.8. The van der Waals surface area contributed by atoms with E-state index in [1.165, 1.54) is 6.07 Å². The molecule has 0 spiro atoms. The van der Waals surface area contributed by atoms with E-state index < -0.39 is 91.5 Å². The Hall–Kier alpha value is -2.18. The maximum absolute atomic E-state index is 12.8. The van der Waals surface area contributed by atoms with Gasteiger partial charge in [-0.3, -0.25) is 39.4 Å². The number of hydrogen-bond acceptors (Lipinski definition) is 11. The van der Waals surface area contributed by atoms with Crippen LogP contribution in [0.2, 0.25) is 0 Å². The van der Waals surface area contributed by atoms with Gasteiger partial charge in [0.25, 0.3) is 11.8 Å². The summed E-state index contributed by atoms with van der Waals surface area (Å²) in [7, 11) is -8.78. The summed E-state index contributed by atoms with van der Waals surface area (Å²) in [5, 5.41) is 4.03. The van der Waals surface area contributed by atoms with Crippen molar-refractivity contribution in [1.82, 2.24) is 10.6 Å². The minimum absolute atomic E-state index is 0. The van der Waals surface area contributed by atoms with Crippen LogP contribution in [0.25, 0.3) is 11.1 Å². The smallest absolute Gasteiger partial charge is 0.748 e. The number of piperidine rings is 2. The van der Waals surface area contributed by atoms with Crippen LogP contribution in [-0.4, -0.2) is 68.1 Å². The van der Waals surface area contributed by atoms with Gasteiger partial charge in [0, 0.05) is 12.2 Å². The molecule has 0 saturated carbocycles. The molecule has 2 fully saturated rings. The molecule has 0 radical (unpaired) electrons. The molecule has 16 heteroatoms. The molecule has 194 valence electrons. The molecule has 1 aliphatic carbocycles. The molecule has 0 atom stereocenters. The van der Waals surface area contributed by atoms with Crippen molar-refractivity contribution in [2.45, 2.75) is 30.6 Å². The van der Waals surface area contributed by atoms with Gasteiger partial charge in [-0.15, -0.1) is 0 Å². The number of fused-ring (bicyclic) bond motifs is 1. The predicted molar refractivity (Wildman–Crippen MR) is 122 cm³/mol. The Bertz CT molecular complexity index is 1580. The molecule has 0 aromatic heterocycles. The summed E-state index contributed by atoms with van der Waals surface area (Å²) in [5.74, 6) is -6.89. The Morgan fingerprint density at radius 1 is 0.711 bits per heavy atom. The van der Waals surface area contributed by atoms with Crippen LogP contribution in [0, 0.1) is 0 Å². The van der Waals surface area contributed by atoms with E-state index in [1.54, 1.807) is 0 Å². The van der Waals surface area contributed by atoms with Gasteiger partial charge in [-0.1, -0.05) is 6.07 Å². The molecular weight excluding hydrogens is 571 g/mol. The van der Waals surface area contributed by atoms with Crippen molar-refractivity contribution in [3.05, 3.63) is 40.5 Å². The van der Waals surface area contributed by atoms with Gasteiger partial charge in [0.05, 0.1) is 44.8 Å². The number of hydrogen-bond donors (Lipinski definition) is 2. The van der Waals surface area contributed by atoms with E-state index in [2.05, 4.69) is 0 Å². The standard InChI is InChI=1S/C22H18N2O11S2.K/c25-15-8-17(27)23-21(29)19(15)13-7-14(20-16(26)9-18(28)24-22(20)30)12-6-10(2-3-11(12)13)36(31,32)4-1-5-37(33,34)35;/h2-3,6H,1,4-5,7-9H2,(H,23,27,29)(H,24,28,30)(H,33,34,35);/q;+1/p-1/b19-13-,20-14-;. The zero-order valence-corrected chi connectivity index (χ0v) is 24.5. The number of nitrogens with one attached hydrogen (secondary N) is 2. The Morgan fingerprint density at radius 2 is 1.21 bits per heavy atom. The molecule has 2 N–H and O–H groups in total. The Labute approximate surface area is 258 Å². The number of benzene rings is 1. The van der Waals surface area contributed by atoms with Crippen molar-refractivity contribution in [3.8, 4) is 0 Å². The first-order valence-electron chi connectivity index (χ1n) is 10.7. The predicted octanol–water partition coefficient (Wildman–Crippen LogP) is -4.46. The number of amides is 4. The number of imide groups is 2. The molecular formula is C22H17KN2O11S2. The molecule has 3 aliphatic rings. The fraction of sp³-hybridized carbons (Fsp3) is 0.273. The zero-order valence-electron chi connectivity index (χ0n) is 19.8. The molecule has 2 aliphatic heterocycles. The van der Waals surface area contributed by atoms with Crippen molar-refractivity contribution in [3.63, 3.8) is 0 Å². The second-order valence-corrected chi connectivity index (χ2v) is 12.1. The van der Waals surface area contributed by atoms with Crippen LogP contribution in [0.4, 0.5) is 0 Å². The Kier molecular flexibility index (Phi) is 8.89. The number of ketones is 2. The number of carbonyl (C=O) groups excluding carboxylic acids is 6. The van der Waals surface area contributed by atoms with E-state index >= 15 is 0 Å². The zero-order chi connectivity index (χ0) is 27.3. The largest absolute Gasteiger partial charge is 1.00 e. The molecule has 4 rings (SSSR count). The summed E-state index contributed by atoms with van der Waals surface area (Å²) < 4.78 is 58.1. The van der Waals surface area contributed by atoms with Crippen LogP contribution < -0.4 is 62.0 Å². The normalized spacial score (nSPS) is 22.1. The summed E-state index contributed by atoms with van der Waals surface area (Å²) in [6.45, 7) is 0. The van der Waals surface area contributed by atoms with Crippen molar-refractivity contribution in [1.29, 1.82) is 0 Å². The monoisotopic (exact) mass is 588 g/mol. The maximum Gasteiger partial charge on any atom is 1.00 e. The summed E-state index contributed by atoms with van der Waals surface area (Å²) in [4.78, 5) is 73.1. The average Bonchev–Trinajstić information content (AvgIpc) is 3.09. The van der Waals surface area contributed by atoms with Gasteiger partial charge >= 0.3 is 51.4 Å². The third kappa shape index (κ3) is 6.17. The van der Waals surface area contributed by atoms with Crippen LogP contribution in [0.5, 0.6) is 0 Å². The molecule has 0 unspecified atom stereocenters. The van der Waals surface area contributed by atoms with E-state index in [1.807, 2.05) is 10.6 Å². The van der Waals surface area contributed by atoms with E-state index in [0.717, 1.165) is 12.1 Å². The second-order valence-electron chi connectivity index (χ2n) is 8.48. The minimum atomic E-state index is -4.64. The molecule has 1 aromatic carbocycles. The molecule has 1 aromatic rings. The van der Waals surface area contributed by atoms with Crippen LogP contribution in [0.15, 0.2) is 34.2 Å². The number of sulfone groups is 1. The quantitative estimate of drug-likeness (QED) is 0.0834. The fourth-order valence-electron chi connectivity index (χ4n) is 4.39. The SMILES string of the molecule is O=C1CC(=O)/C(=C2\C/C(=C3\C(=O)CC(=O)NC3=O)c3cc(S(=O)(=O)CCCS(=O)(=O)[O-])ccc32)C(=O)N1.[K+]. The summed E-state index contributed by atoms with van der Waals surface area (Å²) in [5.41, 5.74) is -0.592. The van der Waals surface area contributed by atoms with E-state index in [-0.39, 0.29) is 90.5 Å². The van der Waals surface area contributed by atoms with Crippen LogP contribution in [0.1, 0.15) is 36.8 Å². The molecule has 38 heavy (non-hydrogen) atoms. The Morgan fingerprint density at radius 3 is 1.68 bits per heavy atom. The van der Waals surface area contributed by atoms with Gasteiger partial charge in [0.2, 0.25) is 11.8 Å². The first kappa shape index (κ1) is 30.4. The topological polar surface area (TPSA) is 218 Å². The van der Waals surface area contributed by atoms with Gasteiger partial charge in [0.15, 0.2) is 21.4 Å². The van der Waals surface area contributed by atoms with Gasteiger partial charge in [-0.25, -0.2) is 16.8 Å². The number of carbonyl (C=O) groups is 6. The van der Waals surface area contributed by atoms with Gasteiger partial charge < -0.3 is 4.55 Å². The van der Waals surface area contributed by atoms with Crippen molar-refractivity contribution < 1.29 is 102 Å². The van der Waals surface area contributed by atoms with Gasteiger partial charge in [-0.2, -0.15) is 0 Å². The van der Waals surface area contributed by atoms with Crippen LogP contribution in [-0.2, 0) is 48.7 Å². The molecule has 0 bridgehead atoms. The van der Waals surface area contributed by atoms with Gasteiger partial charge in [-0.05, 0) is 40.8 Å². The molecule has 2 heterocycles. The minimum Gasteiger partial charge on any atom is -0.748 e. The van der Waals surface area contributed by atoms with Crippen molar-refractivity contribution in [2.75, 3.05) is 11.5 Å². The van der Waals surface area contributed by atoms with Crippen LogP contribution in [0.3, 0.4) is 0 Å². The average molecular weight is 589 g/mol. The number of allylic oxidation sites excluding steroid dienone is 2. The summed E-state index contributed by atoms with van der Waals surface area (Å²) >= 11 is 0. The second kappa shape index (κ2) is 11.1. The number of Topliss-reactive ketones (excluding diaryl/α,β-unsaturated/α-hetero) is 2. The van der Waals surface area contributed by atoms with E-state index in [0.29, 0.717) is 0 Å². The molecule has 13 nitrogen and oxygen atoms in total. The van der Waals surface area contributed by atoms with Crippen molar-refractivity contribution >= 4 is 66.3 Å². The van der Waals surface area contributed by atoms with Crippen LogP contribution >= 0.6 is 0 Å². The third-order valence-corrected chi connectivity index (χ3v) is 8.51. The third-order valence-electron chi connectivity index (χ3n) is 5.92. The first-order valence-corrected chi connectivity index (χ1v) is 13.9. The van der Waals surface area contributed by atoms with Gasteiger partial charge in [0.1, 0.15) is 0 Å². The van der Waals surface area contributed by atoms with Crippen molar-refractivity contribution in [2.24, 2.45) is 0 Å². The Balaban J connectivity index is 0.00000400. The summed E-state index contributed by atoms with van der Waals surface area (Å²) in [6, 6.07) is 3.51. The summed E-state index contributed by atoms with van der Waals surface area (Å²) in [6.07, 6.45) is -2.06.